The Morgan fingerprint density at radius 2 is 2.62 bits per heavy atom. The molecule has 2 heterocycles. The summed E-state index contributed by atoms with van der Waals surface area (Å²) in [4.78, 5) is 11.4. The molecule has 1 saturated heterocycles. The Hall–Kier alpha value is -0.870. The summed E-state index contributed by atoms with van der Waals surface area (Å²) in [5.41, 5.74) is 0. The molecule has 1 fully saturated rings. The Kier molecular flexibility index (Phi) is 2.61. The van der Waals surface area contributed by atoms with E-state index in [2.05, 4.69) is 5.32 Å². The van der Waals surface area contributed by atoms with Gasteiger partial charge in [-0.3, -0.25) is 0 Å². The van der Waals surface area contributed by atoms with Gasteiger partial charge in [-0.05, 0) is 36.9 Å². The zero-order valence-electron chi connectivity index (χ0n) is 7.16. The predicted molar refractivity (Wildman–Crippen MR) is 51.0 cm³/mol. The maximum absolute atomic E-state index is 11.4. The molecule has 1 aromatic rings. The van der Waals surface area contributed by atoms with Crippen molar-refractivity contribution in [3.63, 3.8) is 0 Å². The molecule has 0 radical (unpaired) electrons. The number of carbonyl (C=O) groups excluding carboxylic acids is 1. The number of rotatable bonds is 2. The predicted octanol–water partition coefficient (Wildman–Crippen LogP) is 1.41. The SMILES string of the molecule is O=C(Oc1cccs1)[C@@H]1CCCN1. The molecule has 0 aliphatic carbocycles. The average molecular weight is 197 g/mol. The quantitative estimate of drug-likeness (QED) is 0.728. The highest BCUT2D eigenvalue weighted by molar-refractivity contribution is 7.11. The van der Waals surface area contributed by atoms with E-state index >= 15 is 0 Å². The summed E-state index contributed by atoms with van der Waals surface area (Å²) < 4.78 is 5.16. The minimum Gasteiger partial charge on any atom is -0.414 e. The smallest absolute Gasteiger partial charge is 0.329 e. The van der Waals surface area contributed by atoms with Crippen LogP contribution < -0.4 is 10.1 Å². The highest BCUT2D eigenvalue weighted by atomic mass is 32.1. The average Bonchev–Trinajstić information content (AvgIpc) is 2.74. The fraction of sp³-hybridized carbons (Fsp3) is 0.444. The molecule has 0 amide bonds. The lowest BCUT2D eigenvalue weighted by Gasteiger charge is -2.07. The Balaban J connectivity index is 1.91. The zero-order chi connectivity index (χ0) is 9.10. The van der Waals surface area contributed by atoms with Crippen molar-refractivity contribution in [2.24, 2.45) is 0 Å². The number of nitrogens with one attached hydrogen (secondary N) is 1. The number of esters is 1. The van der Waals surface area contributed by atoms with E-state index in [-0.39, 0.29) is 12.0 Å². The van der Waals surface area contributed by atoms with Crippen molar-refractivity contribution in [1.82, 2.24) is 5.32 Å². The molecule has 0 unspecified atom stereocenters. The third-order valence-electron chi connectivity index (χ3n) is 2.04. The monoisotopic (exact) mass is 197 g/mol. The zero-order valence-corrected chi connectivity index (χ0v) is 7.97. The Morgan fingerprint density at radius 3 is 3.23 bits per heavy atom. The van der Waals surface area contributed by atoms with Crippen molar-refractivity contribution in [2.45, 2.75) is 18.9 Å². The molecule has 2 rings (SSSR count). The highest BCUT2D eigenvalue weighted by Gasteiger charge is 2.23. The Bertz CT molecular complexity index is 278. The van der Waals surface area contributed by atoms with Gasteiger partial charge in [-0.2, -0.15) is 0 Å². The minimum atomic E-state index is -0.153. The first kappa shape index (κ1) is 8.72. The van der Waals surface area contributed by atoms with Crippen molar-refractivity contribution in [1.29, 1.82) is 0 Å². The van der Waals surface area contributed by atoms with Crippen molar-refractivity contribution < 1.29 is 9.53 Å². The molecule has 13 heavy (non-hydrogen) atoms. The lowest BCUT2D eigenvalue weighted by atomic mass is 10.2. The molecule has 70 valence electrons. The summed E-state index contributed by atoms with van der Waals surface area (Å²) in [5, 5.41) is 5.67. The number of ether oxygens (including phenoxy) is 1. The first-order valence-corrected chi connectivity index (χ1v) is 5.23. The topological polar surface area (TPSA) is 38.3 Å². The maximum Gasteiger partial charge on any atom is 0.329 e. The number of carbonyl (C=O) groups is 1. The Labute approximate surface area is 80.7 Å². The summed E-state index contributed by atoms with van der Waals surface area (Å²) in [6, 6.07) is 3.58. The van der Waals surface area contributed by atoms with Crippen LogP contribution in [0.15, 0.2) is 17.5 Å². The van der Waals surface area contributed by atoms with Gasteiger partial charge in [0.1, 0.15) is 6.04 Å². The van der Waals surface area contributed by atoms with Gasteiger partial charge >= 0.3 is 5.97 Å². The standard InChI is InChI=1S/C9H11NO2S/c11-9(7-3-1-5-10-7)12-8-4-2-6-13-8/h2,4,6-7,10H,1,3,5H2/t7-/m0/s1. The second-order valence-corrected chi connectivity index (χ2v) is 3.91. The largest absolute Gasteiger partial charge is 0.414 e. The van der Waals surface area contributed by atoms with E-state index in [9.17, 15) is 4.79 Å². The molecule has 1 atom stereocenters. The molecule has 0 saturated carbocycles. The molecule has 4 heteroatoms. The minimum absolute atomic E-state index is 0.0953. The van der Waals surface area contributed by atoms with Crippen LogP contribution in [0.25, 0.3) is 0 Å². The van der Waals surface area contributed by atoms with Gasteiger partial charge in [-0.15, -0.1) is 11.3 Å². The van der Waals surface area contributed by atoms with Crippen molar-refractivity contribution >= 4 is 17.3 Å². The van der Waals surface area contributed by atoms with Gasteiger partial charge in [-0.25, -0.2) is 4.79 Å². The van der Waals surface area contributed by atoms with Crippen LogP contribution in [0.3, 0.4) is 0 Å². The lowest BCUT2D eigenvalue weighted by molar-refractivity contribution is -0.136. The third kappa shape index (κ3) is 2.08. The summed E-state index contributed by atoms with van der Waals surface area (Å²) in [6.07, 6.45) is 1.95. The van der Waals surface area contributed by atoms with Crippen LogP contribution in [0.5, 0.6) is 5.06 Å². The Morgan fingerprint density at radius 1 is 1.69 bits per heavy atom. The lowest BCUT2D eigenvalue weighted by Crippen LogP contribution is -2.33. The maximum atomic E-state index is 11.4. The van der Waals surface area contributed by atoms with Crippen LogP contribution in [0.1, 0.15) is 12.8 Å². The van der Waals surface area contributed by atoms with Gasteiger partial charge in [0.25, 0.3) is 0 Å². The molecule has 1 aliphatic heterocycles. The summed E-state index contributed by atoms with van der Waals surface area (Å²) >= 11 is 1.44. The number of thiophene rings is 1. The molecule has 3 nitrogen and oxygen atoms in total. The molecule has 1 aromatic heterocycles. The van der Waals surface area contributed by atoms with E-state index in [1.165, 1.54) is 11.3 Å². The highest BCUT2D eigenvalue weighted by Crippen LogP contribution is 2.19. The summed E-state index contributed by atoms with van der Waals surface area (Å²) in [5.74, 6) is -0.153. The van der Waals surface area contributed by atoms with E-state index in [0.29, 0.717) is 5.06 Å². The van der Waals surface area contributed by atoms with Gasteiger partial charge in [0.2, 0.25) is 0 Å². The van der Waals surface area contributed by atoms with Crippen LogP contribution in [0.2, 0.25) is 0 Å². The molecule has 0 spiro atoms. The summed E-state index contributed by atoms with van der Waals surface area (Å²) in [6.45, 7) is 0.921. The normalized spacial score (nSPS) is 21.7. The first-order valence-electron chi connectivity index (χ1n) is 4.35. The molecule has 0 bridgehead atoms. The van der Waals surface area contributed by atoms with Crippen LogP contribution in [-0.4, -0.2) is 18.6 Å². The van der Waals surface area contributed by atoms with Crippen molar-refractivity contribution in [3.05, 3.63) is 17.5 Å². The first-order chi connectivity index (χ1) is 6.36. The van der Waals surface area contributed by atoms with Gasteiger partial charge in [0, 0.05) is 0 Å². The van der Waals surface area contributed by atoms with Crippen molar-refractivity contribution in [2.75, 3.05) is 6.54 Å². The van der Waals surface area contributed by atoms with Crippen LogP contribution >= 0.6 is 11.3 Å². The van der Waals surface area contributed by atoms with Gasteiger partial charge in [-0.1, -0.05) is 0 Å². The van der Waals surface area contributed by atoms with E-state index < -0.39 is 0 Å². The van der Waals surface area contributed by atoms with E-state index in [1.807, 2.05) is 11.4 Å². The second kappa shape index (κ2) is 3.89. The van der Waals surface area contributed by atoms with E-state index in [4.69, 9.17) is 4.74 Å². The molecule has 1 aliphatic rings. The molecular weight excluding hydrogens is 186 g/mol. The van der Waals surface area contributed by atoms with Gasteiger partial charge in [0.05, 0.1) is 0 Å². The molecule has 0 aromatic carbocycles. The third-order valence-corrected chi connectivity index (χ3v) is 2.79. The van der Waals surface area contributed by atoms with E-state index in [0.717, 1.165) is 19.4 Å². The fourth-order valence-corrected chi connectivity index (χ4v) is 1.96. The molecular formula is C9H11NO2S. The fourth-order valence-electron chi connectivity index (χ4n) is 1.38. The summed E-state index contributed by atoms with van der Waals surface area (Å²) in [7, 11) is 0. The van der Waals surface area contributed by atoms with Gasteiger partial charge in [0.15, 0.2) is 5.06 Å². The van der Waals surface area contributed by atoms with Crippen molar-refractivity contribution in [3.8, 4) is 5.06 Å². The van der Waals surface area contributed by atoms with Crippen LogP contribution in [0, 0.1) is 0 Å². The second-order valence-electron chi connectivity index (χ2n) is 3.00. The van der Waals surface area contributed by atoms with Crippen LogP contribution in [-0.2, 0) is 4.79 Å². The number of hydrogen-bond donors (Lipinski definition) is 1. The van der Waals surface area contributed by atoms with Gasteiger partial charge < -0.3 is 10.1 Å². The van der Waals surface area contributed by atoms with Crippen LogP contribution in [0.4, 0.5) is 0 Å². The molecule has 1 N–H and O–H groups in total. The number of hydrogen-bond acceptors (Lipinski definition) is 4. The van der Waals surface area contributed by atoms with E-state index in [1.54, 1.807) is 6.07 Å².